The van der Waals surface area contributed by atoms with Crippen LogP contribution < -0.4 is 0 Å². The van der Waals surface area contributed by atoms with E-state index in [1.165, 1.54) is 57.2 Å². The molecule has 0 aromatic heterocycles. The Hall–Kier alpha value is 0.400. The van der Waals surface area contributed by atoms with Crippen molar-refractivity contribution in [1.29, 1.82) is 0 Å². The van der Waals surface area contributed by atoms with Gasteiger partial charge in [0, 0.05) is 37.6 Å². The third-order valence-corrected chi connectivity index (χ3v) is 5.78. The van der Waals surface area contributed by atoms with Crippen LogP contribution in [0.15, 0.2) is 0 Å². The standard InChI is InChI=1S/C13H25BrN2/c1-3-12-9-16(8-7-15(12)2)11-13(10-14)5-4-6-13/h12H,3-11H2,1-2H3. The van der Waals surface area contributed by atoms with E-state index in [0.29, 0.717) is 5.41 Å². The Morgan fingerprint density at radius 2 is 2.06 bits per heavy atom. The molecular formula is C13H25BrN2. The zero-order valence-corrected chi connectivity index (χ0v) is 12.3. The molecule has 2 nitrogen and oxygen atoms in total. The smallest absolute Gasteiger partial charge is 0.0218 e. The summed E-state index contributed by atoms with van der Waals surface area (Å²) in [4.78, 5) is 5.23. The number of nitrogens with zero attached hydrogens (tertiary/aromatic N) is 2. The first kappa shape index (κ1) is 12.8. The second kappa shape index (κ2) is 5.36. The third kappa shape index (κ3) is 2.62. The Morgan fingerprint density at radius 1 is 1.31 bits per heavy atom. The van der Waals surface area contributed by atoms with E-state index in [9.17, 15) is 0 Å². The Kier molecular flexibility index (Phi) is 4.31. The molecule has 0 bridgehead atoms. The van der Waals surface area contributed by atoms with Gasteiger partial charge in [-0.1, -0.05) is 29.3 Å². The van der Waals surface area contributed by atoms with Crippen molar-refractivity contribution < 1.29 is 0 Å². The van der Waals surface area contributed by atoms with Crippen molar-refractivity contribution in [2.75, 3.05) is 38.6 Å². The van der Waals surface area contributed by atoms with Crippen molar-refractivity contribution in [3.8, 4) is 0 Å². The maximum Gasteiger partial charge on any atom is 0.0218 e. The SMILES string of the molecule is CCC1CN(CC2(CBr)CCC2)CCN1C. The van der Waals surface area contributed by atoms with Crippen molar-refractivity contribution in [2.45, 2.75) is 38.6 Å². The second-order valence-electron chi connectivity index (χ2n) is 5.76. The summed E-state index contributed by atoms with van der Waals surface area (Å²) >= 11 is 3.72. The summed E-state index contributed by atoms with van der Waals surface area (Å²) in [5.41, 5.74) is 0.619. The van der Waals surface area contributed by atoms with Gasteiger partial charge < -0.3 is 4.90 Å². The molecule has 16 heavy (non-hydrogen) atoms. The van der Waals surface area contributed by atoms with Crippen molar-refractivity contribution in [2.24, 2.45) is 5.41 Å². The molecule has 1 aliphatic heterocycles. The van der Waals surface area contributed by atoms with Crippen molar-refractivity contribution >= 4 is 15.9 Å². The average Bonchev–Trinajstić information content (AvgIpc) is 2.25. The van der Waals surface area contributed by atoms with Gasteiger partial charge in [0.1, 0.15) is 0 Å². The maximum absolute atomic E-state index is 3.72. The molecule has 1 heterocycles. The summed E-state index contributed by atoms with van der Waals surface area (Å²) < 4.78 is 0. The fourth-order valence-electron chi connectivity index (χ4n) is 3.08. The van der Waals surface area contributed by atoms with E-state index in [-0.39, 0.29) is 0 Å². The highest BCUT2D eigenvalue weighted by Gasteiger charge is 2.38. The highest BCUT2D eigenvalue weighted by atomic mass is 79.9. The van der Waals surface area contributed by atoms with Gasteiger partial charge in [0.25, 0.3) is 0 Å². The molecule has 1 saturated carbocycles. The lowest BCUT2D eigenvalue weighted by Gasteiger charge is -2.47. The van der Waals surface area contributed by atoms with Crippen LogP contribution in [-0.2, 0) is 0 Å². The van der Waals surface area contributed by atoms with E-state index in [2.05, 4.69) is 39.7 Å². The number of halogens is 1. The topological polar surface area (TPSA) is 6.48 Å². The molecule has 1 atom stereocenters. The van der Waals surface area contributed by atoms with Gasteiger partial charge in [0.2, 0.25) is 0 Å². The fourth-order valence-corrected chi connectivity index (χ4v) is 3.82. The van der Waals surface area contributed by atoms with E-state index in [0.717, 1.165) is 6.04 Å². The Balaban J connectivity index is 1.86. The molecule has 0 aromatic carbocycles. The van der Waals surface area contributed by atoms with Crippen LogP contribution in [0.4, 0.5) is 0 Å². The van der Waals surface area contributed by atoms with Gasteiger partial charge in [0.05, 0.1) is 0 Å². The molecule has 0 N–H and O–H groups in total. The lowest BCUT2D eigenvalue weighted by Crippen LogP contribution is -2.55. The lowest BCUT2D eigenvalue weighted by molar-refractivity contribution is 0.0344. The summed E-state index contributed by atoms with van der Waals surface area (Å²) in [5.74, 6) is 0. The summed E-state index contributed by atoms with van der Waals surface area (Å²) in [6.45, 7) is 7.43. The zero-order valence-electron chi connectivity index (χ0n) is 10.7. The molecule has 0 aromatic rings. The number of alkyl halides is 1. The quantitative estimate of drug-likeness (QED) is 0.734. The van der Waals surface area contributed by atoms with Gasteiger partial charge >= 0.3 is 0 Å². The summed E-state index contributed by atoms with van der Waals surface area (Å²) in [7, 11) is 2.27. The predicted molar refractivity (Wildman–Crippen MR) is 73.2 cm³/mol. The van der Waals surface area contributed by atoms with Crippen LogP contribution >= 0.6 is 15.9 Å². The van der Waals surface area contributed by atoms with E-state index < -0.39 is 0 Å². The molecule has 0 radical (unpaired) electrons. The predicted octanol–water partition coefficient (Wildman–Crippen LogP) is 2.58. The van der Waals surface area contributed by atoms with E-state index in [4.69, 9.17) is 0 Å². The summed E-state index contributed by atoms with van der Waals surface area (Å²) in [5, 5.41) is 1.20. The number of hydrogen-bond donors (Lipinski definition) is 0. The van der Waals surface area contributed by atoms with Gasteiger partial charge in [0.15, 0.2) is 0 Å². The molecule has 0 amide bonds. The first-order chi connectivity index (χ1) is 7.69. The number of piperazine rings is 1. The second-order valence-corrected chi connectivity index (χ2v) is 6.33. The molecule has 2 fully saturated rings. The van der Waals surface area contributed by atoms with Crippen LogP contribution in [0.3, 0.4) is 0 Å². The molecule has 0 spiro atoms. The number of rotatable bonds is 4. The lowest BCUT2D eigenvalue weighted by atomic mass is 9.70. The third-order valence-electron chi connectivity index (χ3n) is 4.59. The van der Waals surface area contributed by atoms with Gasteiger partial charge in [-0.25, -0.2) is 0 Å². The molecule has 94 valence electrons. The molecule has 1 saturated heterocycles. The normalized spacial score (nSPS) is 31.3. The van der Waals surface area contributed by atoms with Crippen LogP contribution in [0, 0.1) is 5.41 Å². The highest BCUT2D eigenvalue weighted by molar-refractivity contribution is 9.09. The summed E-state index contributed by atoms with van der Waals surface area (Å²) in [6.07, 6.45) is 5.59. The number of hydrogen-bond acceptors (Lipinski definition) is 2. The Morgan fingerprint density at radius 3 is 2.56 bits per heavy atom. The van der Waals surface area contributed by atoms with Crippen LogP contribution in [-0.4, -0.2) is 54.4 Å². The largest absolute Gasteiger partial charge is 0.301 e. The minimum absolute atomic E-state index is 0.619. The van der Waals surface area contributed by atoms with Crippen LogP contribution in [0.5, 0.6) is 0 Å². The van der Waals surface area contributed by atoms with Gasteiger partial charge in [-0.2, -0.15) is 0 Å². The monoisotopic (exact) mass is 288 g/mol. The molecule has 1 aliphatic carbocycles. The zero-order chi connectivity index (χ0) is 11.6. The van der Waals surface area contributed by atoms with Crippen LogP contribution in [0.2, 0.25) is 0 Å². The van der Waals surface area contributed by atoms with Crippen LogP contribution in [0.1, 0.15) is 32.6 Å². The van der Waals surface area contributed by atoms with Gasteiger partial charge in [-0.15, -0.1) is 0 Å². The maximum atomic E-state index is 3.72. The van der Waals surface area contributed by atoms with Crippen LogP contribution in [0.25, 0.3) is 0 Å². The number of likely N-dealkylation sites (N-methyl/N-ethyl adjacent to an activating group) is 1. The Labute approximate surface area is 108 Å². The van der Waals surface area contributed by atoms with E-state index in [1.807, 2.05) is 0 Å². The van der Waals surface area contributed by atoms with Crippen molar-refractivity contribution in [3.05, 3.63) is 0 Å². The van der Waals surface area contributed by atoms with Gasteiger partial charge in [-0.3, -0.25) is 4.90 Å². The average molecular weight is 289 g/mol. The molecule has 2 aliphatic rings. The van der Waals surface area contributed by atoms with Gasteiger partial charge in [-0.05, 0) is 31.7 Å². The molecular weight excluding hydrogens is 264 g/mol. The first-order valence-electron chi connectivity index (χ1n) is 6.68. The van der Waals surface area contributed by atoms with Crippen molar-refractivity contribution in [3.63, 3.8) is 0 Å². The highest BCUT2D eigenvalue weighted by Crippen LogP contribution is 2.43. The fraction of sp³-hybridized carbons (Fsp3) is 1.00. The summed E-state index contributed by atoms with van der Waals surface area (Å²) in [6, 6.07) is 0.779. The minimum atomic E-state index is 0.619. The minimum Gasteiger partial charge on any atom is -0.301 e. The van der Waals surface area contributed by atoms with E-state index >= 15 is 0 Å². The van der Waals surface area contributed by atoms with E-state index in [1.54, 1.807) is 0 Å². The molecule has 3 heteroatoms. The Bertz CT molecular complexity index is 222. The molecule has 2 rings (SSSR count). The molecule has 1 unspecified atom stereocenters. The van der Waals surface area contributed by atoms with Crippen molar-refractivity contribution in [1.82, 2.24) is 9.80 Å². The first-order valence-corrected chi connectivity index (χ1v) is 7.80.